The number of benzene rings is 2. The van der Waals surface area contributed by atoms with E-state index in [1.807, 2.05) is 55.3 Å². The second-order valence-corrected chi connectivity index (χ2v) is 7.24. The minimum Gasteiger partial charge on any atom is -0.371 e. The lowest BCUT2D eigenvalue weighted by atomic mass is 9.94. The molecule has 6 heteroatoms. The maximum absolute atomic E-state index is 12.9. The van der Waals surface area contributed by atoms with E-state index < -0.39 is 0 Å². The number of anilines is 1. The molecule has 2 N–H and O–H groups in total. The van der Waals surface area contributed by atoms with Crippen molar-refractivity contribution >= 4 is 36.4 Å². The zero-order chi connectivity index (χ0) is 18.5. The van der Waals surface area contributed by atoms with Gasteiger partial charge in [-0.2, -0.15) is 0 Å². The van der Waals surface area contributed by atoms with Gasteiger partial charge in [0.1, 0.15) is 0 Å². The molecule has 4 nitrogen and oxygen atoms in total. The van der Waals surface area contributed by atoms with E-state index in [0.29, 0.717) is 6.54 Å². The molecule has 0 saturated carbocycles. The number of nitrogens with zero attached hydrogens (tertiary/aromatic N) is 2. The van der Waals surface area contributed by atoms with Crippen molar-refractivity contribution < 1.29 is 4.79 Å². The Morgan fingerprint density at radius 2 is 1.61 bits per heavy atom. The van der Waals surface area contributed by atoms with Gasteiger partial charge in [0, 0.05) is 38.4 Å². The van der Waals surface area contributed by atoms with Gasteiger partial charge in [0.15, 0.2) is 0 Å². The van der Waals surface area contributed by atoms with Crippen molar-refractivity contribution in [2.24, 2.45) is 11.7 Å². The Morgan fingerprint density at radius 1 is 1.04 bits per heavy atom. The molecule has 1 amide bonds. The number of carbonyl (C=O) groups excluding carboxylic acids is 1. The molecular weight excluding hydrogens is 393 g/mol. The largest absolute Gasteiger partial charge is 0.371 e. The molecule has 2 unspecified atom stereocenters. The molecule has 1 aliphatic heterocycles. The van der Waals surface area contributed by atoms with Crippen LogP contribution in [0.15, 0.2) is 54.6 Å². The third-order valence-electron chi connectivity index (χ3n) is 5.33. The van der Waals surface area contributed by atoms with Crippen molar-refractivity contribution in [1.29, 1.82) is 0 Å². The third kappa shape index (κ3) is 5.63. The van der Waals surface area contributed by atoms with Gasteiger partial charge in [0.25, 0.3) is 0 Å². The molecule has 1 saturated heterocycles. The highest BCUT2D eigenvalue weighted by Crippen LogP contribution is 2.27. The average Bonchev–Trinajstić information content (AvgIpc) is 3.22. The summed E-state index contributed by atoms with van der Waals surface area (Å²) in [6.07, 6.45) is 2.48. The third-order valence-corrected chi connectivity index (χ3v) is 5.33. The Balaban J connectivity index is 0.00000196. The van der Waals surface area contributed by atoms with E-state index in [4.69, 9.17) is 5.73 Å². The van der Waals surface area contributed by atoms with E-state index in [1.54, 1.807) is 0 Å². The van der Waals surface area contributed by atoms with Crippen molar-refractivity contribution in [1.82, 2.24) is 4.90 Å². The van der Waals surface area contributed by atoms with E-state index in [0.717, 1.165) is 18.7 Å². The number of hydrogen-bond donors (Lipinski definition) is 1. The second kappa shape index (κ2) is 11.3. The molecule has 2 atom stereocenters. The molecule has 1 heterocycles. The molecule has 0 radical (unpaired) electrons. The zero-order valence-corrected chi connectivity index (χ0v) is 18.2. The Bertz CT molecular complexity index is 736. The van der Waals surface area contributed by atoms with Gasteiger partial charge in [-0.25, -0.2) is 0 Å². The van der Waals surface area contributed by atoms with Gasteiger partial charge in [-0.1, -0.05) is 55.5 Å². The first-order valence-electron chi connectivity index (χ1n) is 9.46. The number of hydrogen-bond acceptors (Lipinski definition) is 3. The quantitative estimate of drug-likeness (QED) is 0.747. The van der Waals surface area contributed by atoms with Crippen LogP contribution in [0.1, 0.15) is 36.9 Å². The number of carbonyl (C=O) groups is 1. The molecule has 1 aliphatic rings. The SMILES string of the molecule is CC(C(=O)N(C)Cc1ccccc1N1CCCC1)C(N)c1ccccc1.Cl.Cl. The minimum atomic E-state index is -0.292. The van der Waals surface area contributed by atoms with E-state index in [9.17, 15) is 4.79 Å². The summed E-state index contributed by atoms with van der Waals surface area (Å²) in [4.78, 5) is 17.2. The van der Waals surface area contributed by atoms with Gasteiger partial charge in [-0.3, -0.25) is 4.79 Å². The van der Waals surface area contributed by atoms with E-state index in [2.05, 4.69) is 23.1 Å². The van der Waals surface area contributed by atoms with Crippen LogP contribution >= 0.6 is 24.8 Å². The highest BCUT2D eigenvalue weighted by Gasteiger charge is 2.26. The van der Waals surface area contributed by atoms with E-state index >= 15 is 0 Å². The summed E-state index contributed by atoms with van der Waals surface area (Å²) in [5.41, 5.74) is 9.80. The fraction of sp³-hybridized carbons (Fsp3) is 0.409. The lowest BCUT2D eigenvalue weighted by Gasteiger charge is -2.28. The van der Waals surface area contributed by atoms with Gasteiger partial charge in [0.2, 0.25) is 5.91 Å². The van der Waals surface area contributed by atoms with Crippen LogP contribution in [0.5, 0.6) is 0 Å². The van der Waals surface area contributed by atoms with Gasteiger partial charge in [-0.15, -0.1) is 24.8 Å². The van der Waals surface area contributed by atoms with Crippen LogP contribution in [0.2, 0.25) is 0 Å². The highest BCUT2D eigenvalue weighted by atomic mass is 35.5. The standard InChI is InChI=1S/C22H29N3O.2ClH/c1-17(21(23)18-10-4-3-5-11-18)22(26)24(2)16-19-12-6-7-13-20(19)25-14-8-9-15-25;;/h3-7,10-13,17,21H,8-9,14-16,23H2,1-2H3;2*1H. The molecule has 0 aliphatic carbocycles. The van der Waals surface area contributed by atoms with Gasteiger partial charge < -0.3 is 15.5 Å². The average molecular weight is 424 g/mol. The molecule has 28 heavy (non-hydrogen) atoms. The predicted octanol–water partition coefficient (Wildman–Crippen LogP) is 4.42. The predicted molar refractivity (Wildman–Crippen MR) is 121 cm³/mol. The summed E-state index contributed by atoms with van der Waals surface area (Å²) in [5.74, 6) is -0.182. The Hall–Kier alpha value is -1.75. The summed E-state index contributed by atoms with van der Waals surface area (Å²) in [7, 11) is 1.87. The van der Waals surface area contributed by atoms with Gasteiger partial charge in [-0.05, 0) is 30.0 Å². The van der Waals surface area contributed by atoms with Crippen molar-refractivity contribution in [3.8, 4) is 0 Å². The first-order valence-corrected chi connectivity index (χ1v) is 9.46. The van der Waals surface area contributed by atoms with Crippen LogP contribution in [-0.4, -0.2) is 30.9 Å². The van der Waals surface area contributed by atoms with Crippen LogP contribution in [0.25, 0.3) is 0 Å². The fourth-order valence-corrected chi connectivity index (χ4v) is 3.71. The van der Waals surface area contributed by atoms with Gasteiger partial charge >= 0.3 is 0 Å². The summed E-state index contributed by atoms with van der Waals surface area (Å²) < 4.78 is 0. The zero-order valence-electron chi connectivity index (χ0n) is 16.6. The smallest absolute Gasteiger partial charge is 0.227 e. The van der Waals surface area contributed by atoms with Crippen LogP contribution in [0.4, 0.5) is 5.69 Å². The topological polar surface area (TPSA) is 49.6 Å². The lowest BCUT2D eigenvalue weighted by Crippen LogP contribution is -2.37. The van der Waals surface area contributed by atoms with Crippen molar-refractivity contribution in [3.05, 3.63) is 65.7 Å². The second-order valence-electron chi connectivity index (χ2n) is 7.24. The number of amides is 1. The Labute approximate surface area is 180 Å². The number of rotatable bonds is 6. The van der Waals surface area contributed by atoms with Crippen molar-refractivity contribution in [2.45, 2.75) is 32.4 Å². The monoisotopic (exact) mass is 423 g/mol. The summed E-state index contributed by atoms with van der Waals surface area (Å²) >= 11 is 0. The molecule has 1 fully saturated rings. The maximum Gasteiger partial charge on any atom is 0.227 e. The first-order chi connectivity index (χ1) is 12.6. The molecule has 0 spiro atoms. The molecule has 0 aromatic heterocycles. The lowest BCUT2D eigenvalue weighted by molar-refractivity contribution is -0.134. The molecule has 0 bridgehead atoms. The van der Waals surface area contributed by atoms with Crippen LogP contribution < -0.4 is 10.6 Å². The Morgan fingerprint density at radius 3 is 2.25 bits per heavy atom. The van der Waals surface area contributed by atoms with E-state index in [-0.39, 0.29) is 42.7 Å². The summed E-state index contributed by atoms with van der Waals surface area (Å²) in [6, 6.07) is 18.0. The number of nitrogens with two attached hydrogens (primary N) is 1. The maximum atomic E-state index is 12.9. The van der Waals surface area contributed by atoms with Crippen LogP contribution in [-0.2, 0) is 11.3 Å². The molecule has 154 valence electrons. The fourth-order valence-electron chi connectivity index (χ4n) is 3.71. The minimum absolute atomic E-state index is 0. The van der Waals surface area contributed by atoms with Gasteiger partial charge in [0.05, 0.1) is 5.92 Å². The summed E-state index contributed by atoms with van der Waals surface area (Å²) in [5, 5.41) is 0. The van der Waals surface area contributed by atoms with Crippen LogP contribution in [0, 0.1) is 5.92 Å². The van der Waals surface area contributed by atoms with Crippen LogP contribution in [0.3, 0.4) is 0 Å². The highest BCUT2D eigenvalue weighted by molar-refractivity contribution is 5.85. The van der Waals surface area contributed by atoms with Crippen molar-refractivity contribution in [2.75, 3.05) is 25.0 Å². The number of para-hydroxylation sites is 1. The molecule has 2 aromatic carbocycles. The molecular formula is C22H31Cl2N3O. The molecule has 2 aromatic rings. The van der Waals surface area contributed by atoms with Crippen molar-refractivity contribution in [3.63, 3.8) is 0 Å². The summed E-state index contributed by atoms with van der Waals surface area (Å²) in [6.45, 7) is 4.73. The normalized spacial score (nSPS) is 15.2. The Kier molecular flexibility index (Phi) is 9.80. The first kappa shape index (κ1) is 24.3. The van der Waals surface area contributed by atoms with E-state index in [1.165, 1.54) is 24.1 Å². The molecule has 3 rings (SSSR count). The number of halogens is 2.